The second-order valence-electron chi connectivity index (χ2n) is 5.16. The number of carbonyl (C=O) groups is 1. The van der Waals surface area contributed by atoms with Crippen LogP contribution in [-0.2, 0) is 9.53 Å². The predicted octanol–water partition coefficient (Wildman–Crippen LogP) is 2.46. The predicted molar refractivity (Wildman–Crippen MR) is 79.2 cm³/mol. The minimum absolute atomic E-state index is 0.114. The van der Waals surface area contributed by atoms with E-state index in [1.54, 1.807) is 12.1 Å². The van der Waals surface area contributed by atoms with Crippen LogP contribution >= 0.6 is 0 Å². The lowest BCUT2D eigenvalue weighted by Gasteiger charge is -2.24. The van der Waals surface area contributed by atoms with Crippen molar-refractivity contribution < 1.29 is 13.9 Å². The van der Waals surface area contributed by atoms with Gasteiger partial charge < -0.3 is 9.64 Å². The molecule has 2 unspecified atom stereocenters. The van der Waals surface area contributed by atoms with Gasteiger partial charge in [0.25, 0.3) is 0 Å². The molecule has 116 valence electrons. The molecule has 0 radical (unpaired) electrons. The average Bonchev–Trinajstić information content (AvgIpc) is 2.81. The Hall–Kier alpha value is -1.46. The first-order chi connectivity index (χ1) is 10.2. The summed E-state index contributed by atoms with van der Waals surface area (Å²) in [5, 5.41) is 3.33. The number of amides is 1. The monoisotopic (exact) mass is 294 g/mol. The first-order valence-electron chi connectivity index (χ1n) is 7.57. The molecule has 1 saturated heterocycles. The third kappa shape index (κ3) is 3.80. The molecule has 0 bridgehead atoms. The van der Waals surface area contributed by atoms with Gasteiger partial charge >= 0.3 is 0 Å². The van der Waals surface area contributed by atoms with Crippen LogP contribution in [-0.4, -0.2) is 36.6 Å². The molecule has 2 atom stereocenters. The number of rotatable bonds is 7. The van der Waals surface area contributed by atoms with Crippen LogP contribution in [0.25, 0.3) is 0 Å². The van der Waals surface area contributed by atoms with Crippen molar-refractivity contribution >= 4 is 5.91 Å². The van der Waals surface area contributed by atoms with Crippen molar-refractivity contribution in [1.82, 2.24) is 10.2 Å². The molecule has 1 aliphatic heterocycles. The summed E-state index contributed by atoms with van der Waals surface area (Å²) in [5.74, 6) is -0.152. The average molecular weight is 294 g/mol. The number of nitrogens with zero attached hydrogens (tertiary/aromatic N) is 1. The van der Waals surface area contributed by atoms with Crippen molar-refractivity contribution in [1.29, 1.82) is 0 Å². The van der Waals surface area contributed by atoms with Gasteiger partial charge in [-0.2, -0.15) is 0 Å². The van der Waals surface area contributed by atoms with Crippen molar-refractivity contribution in [3.63, 3.8) is 0 Å². The Morgan fingerprint density at radius 3 is 2.62 bits per heavy atom. The number of ether oxygens (including phenoxy) is 1. The van der Waals surface area contributed by atoms with Gasteiger partial charge in [0.2, 0.25) is 5.91 Å². The molecule has 5 heteroatoms. The zero-order chi connectivity index (χ0) is 15.2. The number of hydrogen-bond acceptors (Lipinski definition) is 3. The fourth-order valence-corrected chi connectivity index (χ4v) is 2.61. The molecule has 1 fully saturated rings. The van der Waals surface area contributed by atoms with E-state index in [0.717, 1.165) is 18.4 Å². The fraction of sp³-hybridized carbons (Fsp3) is 0.562. The molecule has 1 aromatic carbocycles. The van der Waals surface area contributed by atoms with Crippen LogP contribution < -0.4 is 5.32 Å². The summed E-state index contributed by atoms with van der Waals surface area (Å²) < 4.78 is 18.4. The molecule has 1 amide bonds. The summed E-state index contributed by atoms with van der Waals surface area (Å²) in [7, 11) is 0. The highest BCUT2D eigenvalue weighted by atomic mass is 19.1. The van der Waals surface area contributed by atoms with Crippen LogP contribution in [0.4, 0.5) is 4.39 Å². The molecule has 0 saturated carbocycles. The largest absolute Gasteiger partial charge is 0.382 e. The van der Waals surface area contributed by atoms with E-state index < -0.39 is 0 Å². The fourth-order valence-electron chi connectivity index (χ4n) is 2.61. The molecule has 1 N–H and O–H groups in total. The van der Waals surface area contributed by atoms with Gasteiger partial charge in [0, 0.05) is 19.8 Å². The molecule has 1 heterocycles. The van der Waals surface area contributed by atoms with E-state index in [4.69, 9.17) is 4.74 Å². The summed E-state index contributed by atoms with van der Waals surface area (Å²) in [6.45, 7) is 5.92. The van der Waals surface area contributed by atoms with Gasteiger partial charge in [0.15, 0.2) is 0 Å². The number of benzene rings is 1. The molecule has 0 spiro atoms. The molecular formula is C16H23FN2O2. The highest BCUT2D eigenvalue weighted by Crippen LogP contribution is 2.26. The molecule has 0 aliphatic carbocycles. The van der Waals surface area contributed by atoms with E-state index in [1.807, 2.05) is 18.7 Å². The van der Waals surface area contributed by atoms with Crippen LogP contribution in [0, 0.1) is 5.82 Å². The summed E-state index contributed by atoms with van der Waals surface area (Å²) >= 11 is 0. The van der Waals surface area contributed by atoms with Gasteiger partial charge in [0.1, 0.15) is 12.0 Å². The maximum absolute atomic E-state index is 13.1. The number of carbonyl (C=O) groups excluding carboxylic acids is 1. The van der Waals surface area contributed by atoms with Crippen LogP contribution in [0.15, 0.2) is 24.3 Å². The van der Waals surface area contributed by atoms with E-state index in [-0.39, 0.29) is 23.9 Å². The Kier molecular flexibility index (Phi) is 5.70. The van der Waals surface area contributed by atoms with E-state index >= 15 is 0 Å². The quantitative estimate of drug-likeness (QED) is 0.785. The van der Waals surface area contributed by atoms with Crippen molar-refractivity contribution in [3.05, 3.63) is 35.6 Å². The van der Waals surface area contributed by atoms with E-state index in [0.29, 0.717) is 19.8 Å². The highest BCUT2D eigenvalue weighted by molar-refractivity contribution is 5.84. The second-order valence-corrected chi connectivity index (χ2v) is 5.16. The summed E-state index contributed by atoms with van der Waals surface area (Å²) in [4.78, 5) is 14.2. The van der Waals surface area contributed by atoms with E-state index in [9.17, 15) is 9.18 Å². The zero-order valence-electron chi connectivity index (χ0n) is 12.6. The molecule has 21 heavy (non-hydrogen) atoms. The van der Waals surface area contributed by atoms with Crippen molar-refractivity contribution in [2.45, 2.75) is 38.9 Å². The molecule has 1 aliphatic rings. The topological polar surface area (TPSA) is 41.6 Å². The first-order valence-corrected chi connectivity index (χ1v) is 7.57. The standard InChI is InChI=1S/C16H23FN2O2/c1-3-14-16(20)19(10-5-11-21-4-2)15(18-14)12-6-8-13(17)9-7-12/h6-9,14-15,18H,3-5,10-11H2,1-2H3. The number of hydrogen-bond donors (Lipinski definition) is 1. The summed E-state index contributed by atoms with van der Waals surface area (Å²) in [5.41, 5.74) is 0.914. The smallest absolute Gasteiger partial charge is 0.241 e. The highest BCUT2D eigenvalue weighted by Gasteiger charge is 2.38. The summed E-state index contributed by atoms with van der Waals surface area (Å²) in [6, 6.07) is 6.16. The molecular weight excluding hydrogens is 271 g/mol. The lowest BCUT2D eigenvalue weighted by atomic mass is 10.1. The molecule has 1 aromatic rings. The van der Waals surface area contributed by atoms with Gasteiger partial charge in [-0.05, 0) is 37.5 Å². The van der Waals surface area contributed by atoms with Gasteiger partial charge in [-0.1, -0.05) is 19.1 Å². The minimum atomic E-state index is -0.266. The van der Waals surface area contributed by atoms with Crippen molar-refractivity contribution in [2.24, 2.45) is 0 Å². The second kappa shape index (κ2) is 7.52. The van der Waals surface area contributed by atoms with Gasteiger partial charge in [-0.3, -0.25) is 10.1 Å². The third-order valence-electron chi connectivity index (χ3n) is 3.74. The van der Waals surface area contributed by atoms with Gasteiger partial charge in [-0.25, -0.2) is 4.39 Å². The SMILES string of the molecule is CCOCCCN1C(=O)C(CC)NC1c1ccc(F)cc1. The number of nitrogens with one attached hydrogen (secondary N) is 1. The molecule has 2 rings (SSSR count). The van der Waals surface area contributed by atoms with Crippen molar-refractivity contribution in [2.75, 3.05) is 19.8 Å². The Morgan fingerprint density at radius 2 is 2.00 bits per heavy atom. The normalized spacial score (nSPS) is 22.0. The van der Waals surface area contributed by atoms with Gasteiger partial charge in [0.05, 0.1) is 6.04 Å². The van der Waals surface area contributed by atoms with Crippen molar-refractivity contribution in [3.8, 4) is 0 Å². The maximum atomic E-state index is 13.1. The van der Waals surface area contributed by atoms with E-state index in [2.05, 4.69) is 5.32 Å². The maximum Gasteiger partial charge on any atom is 0.241 e. The summed E-state index contributed by atoms with van der Waals surface area (Å²) in [6.07, 6.45) is 1.37. The van der Waals surface area contributed by atoms with Crippen LogP contribution in [0.2, 0.25) is 0 Å². The van der Waals surface area contributed by atoms with Crippen LogP contribution in [0.5, 0.6) is 0 Å². The third-order valence-corrected chi connectivity index (χ3v) is 3.74. The Balaban J connectivity index is 2.08. The van der Waals surface area contributed by atoms with Crippen LogP contribution in [0.3, 0.4) is 0 Å². The minimum Gasteiger partial charge on any atom is -0.382 e. The Morgan fingerprint density at radius 1 is 1.29 bits per heavy atom. The van der Waals surface area contributed by atoms with E-state index in [1.165, 1.54) is 12.1 Å². The van der Waals surface area contributed by atoms with Crippen LogP contribution in [0.1, 0.15) is 38.4 Å². The lowest BCUT2D eigenvalue weighted by Crippen LogP contribution is -2.32. The Labute approximate surface area is 125 Å². The first kappa shape index (κ1) is 15.9. The molecule has 0 aromatic heterocycles. The van der Waals surface area contributed by atoms with Gasteiger partial charge in [-0.15, -0.1) is 0 Å². The Bertz CT molecular complexity index is 464. The molecule has 4 nitrogen and oxygen atoms in total. The lowest BCUT2D eigenvalue weighted by molar-refractivity contribution is -0.130. The zero-order valence-corrected chi connectivity index (χ0v) is 12.6. The number of halogens is 1.